The molecule has 0 spiro atoms. The molecule has 4 N–H and O–H groups in total. The molecular weight excluding hydrogens is 532 g/mol. The third-order valence-corrected chi connectivity index (χ3v) is 8.58. The monoisotopic (exact) mass is 556 g/mol. The number of aliphatic hydroxyl groups is 1. The summed E-state index contributed by atoms with van der Waals surface area (Å²) >= 11 is 0.837. The first-order valence-electron chi connectivity index (χ1n) is 11.4. The quantitative estimate of drug-likeness (QED) is 0.121. The van der Waals surface area contributed by atoms with Crippen LogP contribution in [0.5, 0.6) is 0 Å². The molecule has 0 fully saturated rings. The number of aliphatic hydroxyl groups excluding tert-OH is 1. The molecule has 0 atom stereocenters. The second-order valence-electron chi connectivity index (χ2n) is 10.2. The number of aliphatic imine (C=N–C) groups is 1. The van der Waals surface area contributed by atoms with Gasteiger partial charge in [0.15, 0.2) is 0 Å². The summed E-state index contributed by atoms with van der Waals surface area (Å²) < 4.78 is 37.1. The normalized spacial score (nSPS) is 21.3. The number of nitrogens with one attached hydrogen (secondary N) is 1. The largest absolute Gasteiger partial charge is 0.506 e. The number of hydrogen-bond donors (Lipinski definition) is 4. The van der Waals surface area contributed by atoms with Crippen LogP contribution in [-0.4, -0.2) is 34.8 Å². The van der Waals surface area contributed by atoms with Crippen LogP contribution in [0.25, 0.3) is 0 Å². The van der Waals surface area contributed by atoms with Gasteiger partial charge >= 0.3 is 0 Å². The first kappa shape index (κ1) is 26.4. The van der Waals surface area contributed by atoms with Crippen LogP contribution >= 0.6 is 12.0 Å². The van der Waals surface area contributed by atoms with Gasteiger partial charge < -0.3 is 10.4 Å². The van der Waals surface area contributed by atoms with Gasteiger partial charge in [0.05, 0.1) is 39.5 Å². The summed E-state index contributed by atoms with van der Waals surface area (Å²) in [6, 6.07) is 9.63. The minimum Gasteiger partial charge on any atom is -0.506 e. The Balaban J connectivity index is 1.44. The van der Waals surface area contributed by atoms with Gasteiger partial charge in [-0.1, -0.05) is 32.7 Å². The summed E-state index contributed by atoms with van der Waals surface area (Å²) in [4.78, 5) is 18.2. The van der Waals surface area contributed by atoms with E-state index in [0.717, 1.165) is 17.6 Å². The van der Waals surface area contributed by atoms with E-state index in [1.165, 1.54) is 12.1 Å². The number of allylic oxidation sites excluding steroid dienone is 5. The zero-order valence-electron chi connectivity index (χ0n) is 20.8. The number of rotatable bonds is 6. The van der Waals surface area contributed by atoms with Crippen LogP contribution in [0.15, 0.2) is 85.9 Å². The highest BCUT2D eigenvalue weighted by molar-refractivity contribution is 7.94. The van der Waals surface area contributed by atoms with Crippen LogP contribution in [0, 0.1) is 0 Å². The van der Waals surface area contributed by atoms with Crippen LogP contribution in [0.4, 0.5) is 11.4 Å². The molecule has 2 aromatic rings. The summed E-state index contributed by atoms with van der Waals surface area (Å²) in [6.45, 7) is 7.59. The summed E-state index contributed by atoms with van der Waals surface area (Å²) in [6.07, 6.45) is 3.14. The van der Waals surface area contributed by atoms with Crippen LogP contribution in [0.2, 0.25) is 0 Å². The molecule has 10 nitrogen and oxygen atoms in total. The summed E-state index contributed by atoms with van der Waals surface area (Å²) in [7, 11) is -4.37. The van der Waals surface area contributed by atoms with Gasteiger partial charge in [0, 0.05) is 27.1 Å². The highest BCUT2D eigenvalue weighted by Crippen LogP contribution is 2.46. The fraction of sp³-hybridized carbons (Fsp3) is 0.231. The summed E-state index contributed by atoms with van der Waals surface area (Å²) in [5.74, 6) is -0.504. The molecule has 2 aliphatic heterocycles. The number of carbonyl (C=O) groups excluding carboxylic acids is 1. The minimum atomic E-state index is -4.37. The van der Waals surface area contributed by atoms with Gasteiger partial charge in [-0.25, -0.2) is 5.26 Å². The van der Waals surface area contributed by atoms with E-state index in [2.05, 4.69) is 19.7 Å². The average Bonchev–Trinajstić information content (AvgIpc) is 3.26. The van der Waals surface area contributed by atoms with Crippen molar-refractivity contribution < 1.29 is 37.5 Å². The average molecular weight is 557 g/mol. The van der Waals surface area contributed by atoms with Gasteiger partial charge in [0.1, 0.15) is 5.76 Å². The number of hydrogen-bond acceptors (Lipinski definition) is 10. The third-order valence-electron chi connectivity index (χ3n) is 7.16. The zero-order valence-corrected chi connectivity index (χ0v) is 22.4. The Hall–Kier alpha value is -3.26. The van der Waals surface area contributed by atoms with E-state index in [4.69, 9.17) is 5.26 Å². The van der Waals surface area contributed by atoms with Gasteiger partial charge in [-0.15, -0.1) is 4.33 Å². The topological polar surface area (TPSA) is 155 Å². The maximum atomic E-state index is 13.1. The first-order chi connectivity index (χ1) is 17.7. The van der Waals surface area contributed by atoms with Crippen molar-refractivity contribution in [1.82, 2.24) is 0 Å². The molecule has 2 aromatic carbocycles. The molecule has 38 heavy (non-hydrogen) atoms. The van der Waals surface area contributed by atoms with Gasteiger partial charge in [-0.3, -0.25) is 14.3 Å². The van der Waals surface area contributed by atoms with E-state index < -0.39 is 20.9 Å². The molecule has 2 heterocycles. The minimum absolute atomic E-state index is 0.128. The van der Waals surface area contributed by atoms with Crippen molar-refractivity contribution >= 4 is 45.0 Å². The Bertz CT molecular complexity index is 1630. The van der Waals surface area contributed by atoms with Crippen molar-refractivity contribution in [3.05, 3.63) is 82.3 Å². The predicted octanol–water partition coefficient (Wildman–Crippen LogP) is 5.33. The molecule has 0 amide bonds. The van der Waals surface area contributed by atoms with Crippen LogP contribution in [0.1, 0.15) is 38.8 Å². The van der Waals surface area contributed by atoms with E-state index in [0.29, 0.717) is 33.2 Å². The molecule has 12 heteroatoms. The number of carbonyl (C=O) groups is 1. The van der Waals surface area contributed by atoms with E-state index in [1.54, 1.807) is 30.4 Å². The lowest BCUT2D eigenvalue weighted by Crippen LogP contribution is -2.28. The van der Waals surface area contributed by atoms with Crippen molar-refractivity contribution in [1.29, 1.82) is 0 Å². The summed E-state index contributed by atoms with van der Waals surface area (Å²) in [5.41, 5.74) is 3.05. The fourth-order valence-corrected chi connectivity index (χ4v) is 5.71. The molecule has 0 saturated heterocycles. The number of nitrogens with zero attached hydrogens (tertiary/aromatic N) is 1. The zero-order chi connectivity index (χ0) is 27.6. The van der Waals surface area contributed by atoms with Gasteiger partial charge in [-0.2, -0.15) is 8.42 Å². The lowest BCUT2D eigenvalue weighted by Gasteiger charge is -2.25. The fourth-order valence-electron chi connectivity index (χ4n) is 4.80. The number of ketones is 1. The molecule has 0 radical (unpaired) electrons. The lowest BCUT2D eigenvalue weighted by atomic mass is 9.77. The van der Waals surface area contributed by atoms with Crippen LogP contribution in [0.3, 0.4) is 0 Å². The van der Waals surface area contributed by atoms with Crippen LogP contribution < -0.4 is 5.32 Å². The maximum absolute atomic E-state index is 13.1. The Morgan fingerprint density at radius 1 is 1.03 bits per heavy atom. The molecular formula is C26H24N2O8S2. The summed E-state index contributed by atoms with van der Waals surface area (Å²) in [5, 5.41) is 26.1. The van der Waals surface area contributed by atoms with Crippen molar-refractivity contribution in [2.45, 2.75) is 48.3 Å². The van der Waals surface area contributed by atoms with Crippen molar-refractivity contribution in [3.63, 3.8) is 0 Å². The molecule has 198 valence electrons. The highest BCUT2D eigenvalue weighted by atomic mass is 32.2. The Morgan fingerprint density at radius 3 is 2.42 bits per heavy atom. The lowest BCUT2D eigenvalue weighted by molar-refractivity contribution is -0.432. The molecule has 1 aliphatic carbocycles. The second kappa shape index (κ2) is 8.90. The Morgan fingerprint density at radius 2 is 1.76 bits per heavy atom. The van der Waals surface area contributed by atoms with Gasteiger partial charge in [0.2, 0.25) is 5.78 Å². The van der Waals surface area contributed by atoms with E-state index >= 15 is 0 Å². The standard InChI is InChI=1S/C26H24N2O8S2/c1-25(2)17-9-13(37-36-35-31)5-7-19(17)27-21(25)11-15-23(29)16(24(15)30)12-22-26(3,4)18-10-14(38(32,33)34)6-8-20(18)28-22/h5-12,28-29,31H,1-4H3,(H,32,33,34)/b15-11-,22-12+. The molecule has 3 aliphatic rings. The van der Waals surface area contributed by atoms with Gasteiger partial charge in [0.25, 0.3) is 10.1 Å². The SMILES string of the molecule is CC1(C)C(/C=C2\C(=O)C(/C=C3/Nc4ccc(S(=O)(=O)O)cc4C3(C)C)=C2O)=Nc2ccc(SOOO)cc21. The van der Waals surface area contributed by atoms with Crippen molar-refractivity contribution in [3.8, 4) is 0 Å². The Labute approximate surface area is 223 Å². The third kappa shape index (κ3) is 4.19. The molecule has 0 unspecified atom stereocenters. The number of benzene rings is 2. The number of anilines is 1. The van der Waals surface area contributed by atoms with E-state index in [-0.39, 0.29) is 27.6 Å². The highest BCUT2D eigenvalue weighted by Gasteiger charge is 2.41. The van der Waals surface area contributed by atoms with Gasteiger partial charge in [-0.05, 0) is 59.7 Å². The number of Topliss-reactive ketones (excluding diaryl/α,β-unsaturated/α-hetero) is 1. The number of fused-ring (bicyclic) bond motifs is 2. The van der Waals surface area contributed by atoms with E-state index in [1.807, 2.05) is 33.8 Å². The Kier molecular flexibility index (Phi) is 6.17. The smallest absolute Gasteiger partial charge is 0.294 e. The van der Waals surface area contributed by atoms with E-state index in [9.17, 15) is 22.9 Å². The molecule has 0 saturated carbocycles. The first-order valence-corrected chi connectivity index (χ1v) is 13.6. The van der Waals surface area contributed by atoms with Crippen molar-refractivity contribution in [2.24, 2.45) is 4.99 Å². The maximum Gasteiger partial charge on any atom is 0.294 e. The molecule has 0 aromatic heterocycles. The molecule has 0 bridgehead atoms. The van der Waals surface area contributed by atoms with Crippen molar-refractivity contribution in [2.75, 3.05) is 5.32 Å². The predicted molar refractivity (Wildman–Crippen MR) is 141 cm³/mol. The second-order valence-corrected chi connectivity index (χ2v) is 12.4. The molecule has 5 rings (SSSR count). The van der Waals surface area contributed by atoms with Crippen LogP contribution in [-0.2, 0) is 35.1 Å².